The van der Waals surface area contributed by atoms with Crippen LogP contribution < -0.4 is 5.32 Å². The number of carbonyl (C=O) groups is 2. The zero-order chi connectivity index (χ0) is 12.9. The first-order chi connectivity index (χ1) is 8.16. The molecule has 0 bridgehead atoms. The third kappa shape index (κ3) is 12.8. The molecule has 0 aromatic carbocycles. The fourth-order valence-corrected chi connectivity index (χ4v) is 0.927. The molecule has 100 valence electrons. The number of hydrogen-bond acceptors (Lipinski definition) is 5. The fraction of sp³-hybridized carbons (Fsp3) is 0.800. The summed E-state index contributed by atoms with van der Waals surface area (Å²) in [5.41, 5.74) is 0. The second-order valence-corrected chi connectivity index (χ2v) is 3.14. The van der Waals surface area contributed by atoms with E-state index in [1.54, 1.807) is 7.11 Å². The highest BCUT2D eigenvalue weighted by Crippen LogP contribution is 1.81. The first-order valence-corrected chi connectivity index (χ1v) is 5.29. The van der Waals surface area contributed by atoms with Gasteiger partial charge in [0.15, 0.2) is 0 Å². The number of carboxylic acids is 1. The van der Waals surface area contributed by atoms with Gasteiger partial charge in [-0.3, -0.25) is 9.59 Å². The molecule has 17 heavy (non-hydrogen) atoms. The molecule has 0 saturated heterocycles. The Kier molecular flexibility index (Phi) is 10.5. The molecule has 0 aliphatic heterocycles. The van der Waals surface area contributed by atoms with Gasteiger partial charge in [0.25, 0.3) is 0 Å². The number of nitrogens with one attached hydrogen (secondary N) is 1. The van der Waals surface area contributed by atoms with Gasteiger partial charge in [0.05, 0.1) is 33.0 Å². The lowest BCUT2D eigenvalue weighted by atomic mass is 10.4. The lowest BCUT2D eigenvalue weighted by Crippen LogP contribution is -2.29. The summed E-state index contributed by atoms with van der Waals surface area (Å²) < 4.78 is 15.1. The Morgan fingerprint density at radius 2 is 1.65 bits per heavy atom. The van der Waals surface area contributed by atoms with Gasteiger partial charge in [-0.1, -0.05) is 0 Å². The number of amides is 1. The van der Waals surface area contributed by atoms with E-state index < -0.39 is 18.3 Å². The van der Waals surface area contributed by atoms with Crippen LogP contribution in [0.3, 0.4) is 0 Å². The maximum atomic E-state index is 10.9. The van der Waals surface area contributed by atoms with Crippen LogP contribution in [0.5, 0.6) is 0 Å². The molecule has 0 aliphatic rings. The minimum Gasteiger partial charge on any atom is -0.481 e. The zero-order valence-electron chi connectivity index (χ0n) is 9.94. The molecule has 0 unspecified atom stereocenters. The van der Waals surface area contributed by atoms with E-state index in [1.165, 1.54) is 0 Å². The molecule has 2 N–H and O–H groups in total. The van der Waals surface area contributed by atoms with Gasteiger partial charge in [-0.05, 0) is 0 Å². The number of aliphatic carboxylic acids is 1. The van der Waals surface area contributed by atoms with E-state index in [-0.39, 0.29) is 0 Å². The summed E-state index contributed by atoms with van der Waals surface area (Å²) in [4.78, 5) is 21.0. The van der Waals surface area contributed by atoms with Crippen LogP contribution in [-0.4, -0.2) is 63.7 Å². The Morgan fingerprint density at radius 3 is 2.24 bits per heavy atom. The molecule has 0 spiro atoms. The summed E-state index contributed by atoms with van der Waals surface area (Å²) in [6.07, 6.45) is -0.514. The standard InChI is InChI=1S/C10H19NO6/c1-15-4-5-17-7-6-16-3-2-11-9(12)8-10(13)14/h2-8H2,1H3,(H,11,12)(H,13,14). The van der Waals surface area contributed by atoms with E-state index in [0.717, 1.165) is 0 Å². The summed E-state index contributed by atoms with van der Waals surface area (Å²) in [6.45, 7) is 2.59. The van der Waals surface area contributed by atoms with Crippen LogP contribution in [0.25, 0.3) is 0 Å². The van der Waals surface area contributed by atoms with Gasteiger partial charge in [-0.2, -0.15) is 0 Å². The molecule has 0 saturated carbocycles. The SMILES string of the molecule is COCCOCCOCCNC(=O)CC(=O)O. The predicted octanol–water partition coefficient (Wildman–Crippen LogP) is -0.743. The van der Waals surface area contributed by atoms with Gasteiger partial charge in [0, 0.05) is 13.7 Å². The fourth-order valence-electron chi connectivity index (χ4n) is 0.927. The van der Waals surface area contributed by atoms with Crippen LogP contribution in [0.4, 0.5) is 0 Å². The lowest BCUT2D eigenvalue weighted by Gasteiger charge is -2.06. The smallest absolute Gasteiger partial charge is 0.312 e. The van der Waals surface area contributed by atoms with Crippen molar-refractivity contribution in [3.05, 3.63) is 0 Å². The number of methoxy groups -OCH3 is 1. The first-order valence-electron chi connectivity index (χ1n) is 5.29. The molecule has 0 aromatic heterocycles. The maximum Gasteiger partial charge on any atom is 0.312 e. The van der Waals surface area contributed by atoms with Crippen LogP contribution in [-0.2, 0) is 23.8 Å². The molecule has 0 aliphatic carbocycles. The second kappa shape index (κ2) is 11.3. The maximum absolute atomic E-state index is 10.9. The third-order valence-corrected chi connectivity index (χ3v) is 1.68. The highest BCUT2D eigenvalue weighted by Gasteiger charge is 2.05. The van der Waals surface area contributed by atoms with Gasteiger partial charge in [0.2, 0.25) is 5.91 Å². The molecule has 1 amide bonds. The molecule has 7 heteroatoms. The highest BCUT2D eigenvalue weighted by molar-refractivity contribution is 5.93. The molecule has 0 rings (SSSR count). The highest BCUT2D eigenvalue weighted by atomic mass is 16.5. The molecule has 0 heterocycles. The summed E-state index contributed by atoms with van der Waals surface area (Å²) in [5.74, 6) is -1.66. The van der Waals surface area contributed by atoms with Crippen LogP contribution >= 0.6 is 0 Å². The Balaban J connectivity index is 3.13. The number of carboxylic acid groups (broad SMARTS) is 1. The van der Waals surface area contributed by atoms with Crippen molar-refractivity contribution in [2.75, 3.05) is 46.7 Å². The zero-order valence-corrected chi connectivity index (χ0v) is 9.94. The van der Waals surface area contributed by atoms with Crippen molar-refractivity contribution < 1.29 is 28.9 Å². The summed E-state index contributed by atoms with van der Waals surface area (Å²) in [5, 5.41) is 10.7. The molecule has 0 fully saturated rings. The van der Waals surface area contributed by atoms with Crippen molar-refractivity contribution in [1.29, 1.82) is 0 Å². The number of hydrogen-bond donors (Lipinski definition) is 2. The van der Waals surface area contributed by atoms with E-state index in [4.69, 9.17) is 19.3 Å². The quantitative estimate of drug-likeness (QED) is 0.370. The summed E-state index contributed by atoms with van der Waals surface area (Å²) in [6, 6.07) is 0. The van der Waals surface area contributed by atoms with Crippen molar-refractivity contribution in [3.63, 3.8) is 0 Å². The Bertz CT molecular complexity index is 221. The van der Waals surface area contributed by atoms with Crippen molar-refractivity contribution >= 4 is 11.9 Å². The van der Waals surface area contributed by atoms with E-state index in [0.29, 0.717) is 39.6 Å². The average molecular weight is 249 g/mol. The molecule has 7 nitrogen and oxygen atoms in total. The molecule has 0 aromatic rings. The average Bonchev–Trinajstić information content (AvgIpc) is 2.26. The minimum atomic E-state index is -1.14. The van der Waals surface area contributed by atoms with Crippen LogP contribution in [0.15, 0.2) is 0 Å². The lowest BCUT2D eigenvalue weighted by molar-refractivity contribution is -0.140. The minimum absolute atomic E-state index is 0.296. The molecular weight excluding hydrogens is 230 g/mol. The van der Waals surface area contributed by atoms with Crippen molar-refractivity contribution in [2.24, 2.45) is 0 Å². The monoisotopic (exact) mass is 249 g/mol. The van der Waals surface area contributed by atoms with E-state index in [2.05, 4.69) is 5.32 Å². The van der Waals surface area contributed by atoms with Gasteiger partial charge in [-0.25, -0.2) is 0 Å². The number of carbonyl (C=O) groups excluding carboxylic acids is 1. The van der Waals surface area contributed by atoms with Gasteiger partial charge in [0.1, 0.15) is 6.42 Å². The second-order valence-electron chi connectivity index (χ2n) is 3.14. The van der Waals surface area contributed by atoms with Crippen molar-refractivity contribution in [3.8, 4) is 0 Å². The molecular formula is C10H19NO6. The van der Waals surface area contributed by atoms with E-state index >= 15 is 0 Å². The topological polar surface area (TPSA) is 94.1 Å². The van der Waals surface area contributed by atoms with Gasteiger partial charge in [-0.15, -0.1) is 0 Å². The normalized spacial score (nSPS) is 10.2. The Hall–Kier alpha value is -1.18. The first kappa shape index (κ1) is 15.8. The van der Waals surface area contributed by atoms with E-state index in [1.807, 2.05) is 0 Å². The Morgan fingerprint density at radius 1 is 1.06 bits per heavy atom. The summed E-state index contributed by atoms with van der Waals surface area (Å²) >= 11 is 0. The third-order valence-electron chi connectivity index (χ3n) is 1.68. The van der Waals surface area contributed by atoms with Crippen LogP contribution in [0.1, 0.15) is 6.42 Å². The van der Waals surface area contributed by atoms with Gasteiger partial charge < -0.3 is 24.6 Å². The number of ether oxygens (including phenoxy) is 3. The molecule has 0 radical (unpaired) electrons. The van der Waals surface area contributed by atoms with Gasteiger partial charge >= 0.3 is 5.97 Å². The van der Waals surface area contributed by atoms with Crippen LogP contribution in [0, 0.1) is 0 Å². The largest absolute Gasteiger partial charge is 0.481 e. The molecule has 0 atom stereocenters. The Labute approximate surface area is 100 Å². The van der Waals surface area contributed by atoms with Crippen molar-refractivity contribution in [2.45, 2.75) is 6.42 Å². The van der Waals surface area contributed by atoms with E-state index in [9.17, 15) is 9.59 Å². The number of rotatable bonds is 11. The van der Waals surface area contributed by atoms with Crippen LogP contribution in [0.2, 0.25) is 0 Å². The predicted molar refractivity (Wildman–Crippen MR) is 58.8 cm³/mol. The van der Waals surface area contributed by atoms with Crippen molar-refractivity contribution in [1.82, 2.24) is 5.32 Å². The summed E-state index contributed by atoms with van der Waals surface area (Å²) in [7, 11) is 1.60.